The van der Waals surface area contributed by atoms with Gasteiger partial charge < -0.3 is 15.3 Å². The van der Waals surface area contributed by atoms with Gasteiger partial charge in [-0.15, -0.1) is 6.58 Å². The van der Waals surface area contributed by atoms with Gasteiger partial charge in [-0.2, -0.15) is 0 Å². The number of aliphatic hydroxyl groups excluding tert-OH is 2. The van der Waals surface area contributed by atoms with Gasteiger partial charge in [0.1, 0.15) is 5.75 Å². The Labute approximate surface area is 143 Å². The van der Waals surface area contributed by atoms with Gasteiger partial charge in [-0.1, -0.05) is 43.2 Å². The SMILES string of the molecule is C=C[C@H]([C@H](O)CC/C(C)=C/c1ccc(O)cc1Cl)[C@H](O)C(C)C. The third kappa shape index (κ3) is 6.02. The molecular weight excluding hydrogens is 312 g/mol. The van der Waals surface area contributed by atoms with Gasteiger partial charge in [0, 0.05) is 5.92 Å². The standard InChI is InChI=1S/C19H27ClO3/c1-5-16(19(23)12(2)3)18(22)9-6-13(4)10-14-7-8-15(21)11-17(14)20/h5,7-8,10-12,16,18-19,21-23H,1,6,9H2,2-4H3/b13-10+/t16-,18-,19-/m1/s1. The molecule has 1 rings (SSSR count). The second kappa shape index (κ2) is 9.11. The van der Waals surface area contributed by atoms with Crippen LogP contribution in [-0.4, -0.2) is 27.5 Å². The molecule has 0 aromatic heterocycles. The molecule has 3 N–H and O–H groups in total. The van der Waals surface area contributed by atoms with Crippen LogP contribution in [0.5, 0.6) is 5.75 Å². The Balaban J connectivity index is 2.68. The fraction of sp³-hybridized carbons (Fsp3) is 0.474. The van der Waals surface area contributed by atoms with Crippen molar-refractivity contribution in [2.75, 3.05) is 0 Å². The van der Waals surface area contributed by atoms with E-state index in [0.717, 1.165) is 11.1 Å². The fourth-order valence-corrected chi connectivity index (χ4v) is 2.74. The lowest BCUT2D eigenvalue weighted by molar-refractivity contribution is 0.00890. The summed E-state index contributed by atoms with van der Waals surface area (Å²) in [6, 6.07) is 4.85. The summed E-state index contributed by atoms with van der Waals surface area (Å²) in [5, 5.41) is 30.3. The molecule has 0 heterocycles. The Morgan fingerprint density at radius 3 is 2.48 bits per heavy atom. The quantitative estimate of drug-likeness (QED) is 0.615. The van der Waals surface area contributed by atoms with Crippen LogP contribution in [0.15, 0.2) is 36.4 Å². The van der Waals surface area contributed by atoms with Crippen LogP contribution < -0.4 is 0 Å². The lowest BCUT2D eigenvalue weighted by atomic mass is 9.86. The zero-order chi connectivity index (χ0) is 17.6. The van der Waals surface area contributed by atoms with Crippen molar-refractivity contribution in [2.24, 2.45) is 11.8 Å². The second-order valence-corrected chi connectivity index (χ2v) is 6.76. The van der Waals surface area contributed by atoms with Crippen LogP contribution in [0.4, 0.5) is 0 Å². The third-order valence-corrected chi connectivity index (χ3v) is 4.34. The number of aliphatic hydroxyl groups is 2. The maximum absolute atomic E-state index is 10.3. The van der Waals surface area contributed by atoms with Gasteiger partial charge in [0.05, 0.1) is 17.2 Å². The largest absolute Gasteiger partial charge is 0.508 e. The molecule has 1 aromatic carbocycles. The van der Waals surface area contributed by atoms with E-state index in [4.69, 9.17) is 11.6 Å². The number of rotatable bonds is 8. The number of allylic oxidation sites excluding steroid dienone is 1. The van der Waals surface area contributed by atoms with Crippen molar-refractivity contribution in [1.82, 2.24) is 0 Å². The lowest BCUT2D eigenvalue weighted by Gasteiger charge is -2.27. The summed E-state index contributed by atoms with van der Waals surface area (Å²) in [5.74, 6) is -0.128. The minimum atomic E-state index is -0.636. The summed E-state index contributed by atoms with van der Waals surface area (Å²) < 4.78 is 0. The van der Waals surface area contributed by atoms with E-state index in [0.29, 0.717) is 17.9 Å². The Kier molecular flexibility index (Phi) is 7.83. The Bertz CT molecular complexity index is 552. The number of phenolic OH excluding ortho intramolecular Hbond substituents is 1. The molecule has 0 radical (unpaired) electrons. The zero-order valence-electron chi connectivity index (χ0n) is 14.0. The molecular formula is C19H27ClO3. The van der Waals surface area contributed by atoms with Gasteiger partial charge in [-0.25, -0.2) is 0 Å². The van der Waals surface area contributed by atoms with Crippen LogP contribution in [0.1, 0.15) is 39.2 Å². The Morgan fingerprint density at radius 1 is 1.30 bits per heavy atom. The molecule has 0 bridgehead atoms. The average Bonchev–Trinajstić information content (AvgIpc) is 2.48. The van der Waals surface area contributed by atoms with Gasteiger partial charge >= 0.3 is 0 Å². The summed E-state index contributed by atoms with van der Waals surface area (Å²) in [6.45, 7) is 9.54. The van der Waals surface area contributed by atoms with E-state index in [1.165, 1.54) is 6.07 Å². The average molecular weight is 339 g/mol. The minimum Gasteiger partial charge on any atom is -0.508 e. The van der Waals surface area contributed by atoms with E-state index in [9.17, 15) is 15.3 Å². The highest BCUT2D eigenvalue weighted by atomic mass is 35.5. The molecule has 0 amide bonds. The monoisotopic (exact) mass is 338 g/mol. The van der Waals surface area contributed by atoms with Gasteiger partial charge in [0.25, 0.3) is 0 Å². The number of aromatic hydroxyl groups is 1. The number of phenols is 1. The van der Waals surface area contributed by atoms with E-state index < -0.39 is 12.2 Å². The van der Waals surface area contributed by atoms with Crippen LogP contribution in [0, 0.1) is 11.8 Å². The first-order valence-electron chi connectivity index (χ1n) is 7.90. The Morgan fingerprint density at radius 2 is 1.96 bits per heavy atom. The molecule has 0 aliphatic carbocycles. The van der Waals surface area contributed by atoms with E-state index in [1.807, 2.05) is 26.8 Å². The molecule has 0 fully saturated rings. The van der Waals surface area contributed by atoms with Crippen molar-refractivity contribution >= 4 is 17.7 Å². The van der Waals surface area contributed by atoms with Crippen LogP contribution in [-0.2, 0) is 0 Å². The predicted molar refractivity (Wildman–Crippen MR) is 96.5 cm³/mol. The summed E-state index contributed by atoms with van der Waals surface area (Å²) in [4.78, 5) is 0. The first-order chi connectivity index (χ1) is 10.8. The molecule has 0 aliphatic rings. The summed E-state index contributed by atoms with van der Waals surface area (Å²) >= 11 is 6.09. The van der Waals surface area contributed by atoms with Gasteiger partial charge in [-0.3, -0.25) is 0 Å². The van der Waals surface area contributed by atoms with E-state index in [2.05, 4.69) is 6.58 Å². The molecule has 0 unspecified atom stereocenters. The maximum Gasteiger partial charge on any atom is 0.117 e. The third-order valence-electron chi connectivity index (χ3n) is 4.01. The van der Waals surface area contributed by atoms with Crippen molar-refractivity contribution in [2.45, 2.75) is 45.8 Å². The molecule has 128 valence electrons. The molecule has 3 nitrogen and oxygen atoms in total. The van der Waals surface area contributed by atoms with E-state index in [-0.39, 0.29) is 17.6 Å². The lowest BCUT2D eigenvalue weighted by Crippen LogP contribution is -2.33. The van der Waals surface area contributed by atoms with Crippen molar-refractivity contribution in [3.63, 3.8) is 0 Å². The predicted octanol–water partition coefficient (Wildman–Crippen LogP) is 4.41. The molecule has 1 aromatic rings. The summed E-state index contributed by atoms with van der Waals surface area (Å²) in [6.07, 6.45) is 3.56. The van der Waals surface area contributed by atoms with Gasteiger partial charge in [0.2, 0.25) is 0 Å². The van der Waals surface area contributed by atoms with Crippen molar-refractivity contribution in [3.05, 3.63) is 47.0 Å². The molecule has 0 saturated heterocycles. The topological polar surface area (TPSA) is 60.7 Å². The Hall–Kier alpha value is -1.29. The summed E-state index contributed by atoms with van der Waals surface area (Å²) in [5.41, 5.74) is 1.90. The number of hydrogen-bond acceptors (Lipinski definition) is 3. The van der Waals surface area contributed by atoms with Crippen LogP contribution in [0.25, 0.3) is 6.08 Å². The van der Waals surface area contributed by atoms with Crippen molar-refractivity contribution in [1.29, 1.82) is 0 Å². The first-order valence-corrected chi connectivity index (χ1v) is 8.28. The number of halogens is 1. The van der Waals surface area contributed by atoms with Crippen molar-refractivity contribution in [3.8, 4) is 5.75 Å². The molecule has 3 atom stereocenters. The second-order valence-electron chi connectivity index (χ2n) is 6.35. The molecule has 23 heavy (non-hydrogen) atoms. The highest BCUT2D eigenvalue weighted by molar-refractivity contribution is 6.32. The maximum atomic E-state index is 10.3. The van der Waals surface area contributed by atoms with Gasteiger partial charge in [0.15, 0.2) is 0 Å². The highest BCUT2D eigenvalue weighted by Gasteiger charge is 2.26. The van der Waals surface area contributed by atoms with E-state index in [1.54, 1.807) is 18.2 Å². The molecule has 0 spiro atoms. The first kappa shape index (κ1) is 19.8. The number of benzene rings is 1. The van der Waals surface area contributed by atoms with Crippen LogP contribution in [0.3, 0.4) is 0 Å². The number of hydrogen-bond donors (Lipinski definition) is 3. The fourth-order valence-electron chi connectivity index (χ4n) is 2.51. The smallest absolute Gasteiger partial charge is 0.117 e. The zero-order valence-corrected chi connectivity index (χ0v) is 14.8. The minimum absolute atomic E-state index is 0.0695. The van der Waals surface area contributed by atoms with Crippen molar-refractivity contribution < 1.29 is 15.3 Å². The van der Waals surface area contributed by atoms with Crippen LogP contribution >= 0.6 is 11.6 Å². The molecule has 4 heteroatoms. The van der Waals surface area contributed by atoms with Crippen LogP contribution in [0.2, 0.25) is 5.02 Å². The van der Waals surface area contributed by atoms with E-state index >= 15 is 0 Å². The molecule has 0 saturated carbocycles. The summed E-state index contributed by atoms with van der Waals surface area (Å²) in [7, 11) is 0. The normalized spacial score (nSPS) is 16.2. The highest BCUT2D eigenvalue weighted by Crippen LogP contribution is 2.26. The van der Waals surface area contributed by atoms with Gasteiger partial charge in [-0.05, 0) is 49.4 Å². The molecule has 0 aliphatic heterocycles.